The number of rotatable bonds is 3. The highest BCUT2D eigenvalue weighted by atomic mass is 16.4. The maximum atomic E-state index is 10.8. The summed E-state index contributed by atoms with van der Waals surface area (Å²) in [5.41, 5.74) is 6.31. The lowest BCUT2D eigenvalue weighted by molar-refractivity contribution is -0.130. The van der Waals surface area contributed by atoms with E-state index in [2.05, 4.69) is 0 Å². The van der Waals surface area contributed by atoms with Crippen molar-refractivity contribution < 1.29 is 14.7 Å². The Morgan fingerprint density at radius 2 is 1.80 bits per heavy atom. The van der Waals surface area contributed by atoms with Crippen LogP contribution >= 0.6 is 0 Å². The van der Waals surface area contributed by atoms with Gasteiger partial charge in [-0.15, -0.1) is 0 Å². The van der Waals surface area contributed by atoms with Crippen LogP contribution in [0.3, 0.4) is 0 Å². The van der Waals surface area contributed by atoms with E-state index in [1.807, 2.05) is 6.92 Å². The van der Waals surface area contributed by atoms with Crippen LogP contribution in [0.4, 0.5) is 0 Å². The first-order valence-corrected chi connectivity index (χ1v) is 4.32. The van der Waals surface area contributed by atoms with Gasteiger partial charge in [-0.2, -0.15) is 0 Å². The molecular formula is C11H11NO3. The van der Waals surface area contributed by atoms with Crippen LogP contribution in [0.5, 0.6) is 0 Å². The maximum Gasteiger partial charge on any atom is 0.336 e. The predicted molar refractivity (Wildman–Crippen MR) is 56.0 cm³/mol. The minimum Gasteiger partial charge on any atom is -0.478 e. The third-order valence-corrected chi connectivity index (χ3v) is 1.88. The molecule has 1 aromatic carbocycles. The van der Waals surface area contributed by atoms with Crippen LogP contribution in [0.1, 0.15) is 11.1 Å². The normalized spacial score (nSPS) is 11.1. The fraction of sp³-hybridized carbons (Fsp3) is 0.0909. The standard InChI is InChI=1S/C11H11NO3/c1-7-2-4-8(5-3-7)9(11(14)15)6-10(12)13/h2-6H,1H3,(H2,12,13)(H,14,15). The lowest BCUT2D eigenvalue weighted by Gasteiger charge is -2.02. The van der Waals surface area contributed by atoms with Crippen LogP contribution < -0.4 is 5.73 Å². The molecule has 4 nitrogen and oxygen atoms in total. The number of carboxylic acid groups (broad SMARTS) is 1. The molecule has 0 bridgehead atoms. The predicted octanol–water partition coefficient (Wildman–Crippen LogP) is 0.948. The molecular weight excluding hydrogens is 194 g/mol. The smallest absolute Gasteiger partial charge is 0.336 e. The Bertz CT molecular complexity index is 418. The van der Waals surface area contributed by atoms with E-state index < -0.39 is 11.9 Å². The molecule has 15 heavy (non-hydrogen) atoms. The molecule has 0 saturated heterocycles. The molecule has 1 amide bonds. The number of aliphatic carboxylic acids is 1. The monoisotopic (exact) mass is 205 g/mol. The van der Waals surface area contributed by atoms with Gasteiger partial charge in [0.25, 0.3) is 0 Å². The van der Waals surface area contributed by atoms with Crippen molar-refractivity contribution in [2.45, 2.75) is 6.92 Å². The Kier molecular flexibility index (Phi) is 3.23. The van der Waals surface area contributed by atoms with Crippen LogP contribution in [-0.4, -0.2) is 17.0 Å². The lowest BCUT2D eigenvalue weighted by atomic mass is 10.0. The molecule has 0 unspecified atom stereocenters. The minimum atomic E-state index is -1.17. The first-order valence-electron chi connectivity index (χ1n) is 4.32. The number of benzene rings is 1. The molecule has 3 N–H and O–H groups in total. The molecule has 0 aliphatic rings. The largest absolute Gasteiger partial charge is 0.478 e. The summed E-state index contributed by atoms with van der Waals surface area (Å²) in [6, 6.07) is 6.82. The van der Waals surface area contributed by atoms with Gasteiger partial charge >= 0.3 is 5.97 Å². The van der Waals surface area contributed by atoms with E-state index in [9.17, 15) is 9.59 Å². The zero-order valence-corrected chi connectivity index (χ0v) is 8.23. The summed E-state index contributed by atoms with van der Waals surface area (Å²) in [6.45, 7) is 1.89. The van der Waals surface area contributed by atoms with E-state index in [1.165, 1.54) is 0 Å². The topological polar surface area (TPSA) is 80.4 Å². The summed E-state index contributed by atoms with van der Waals surface area (Å²) in [5, 5.41) is 8.87. The van der Waals surface area contributed by atoms with Crippen LogP contribution in [-0.2, 0) is 9.59 Å². The Hall–Kier alpha value is -2.10. The summed E-state index contributed by atoms with van der Waals surface area (Å²) < 4.78 is 0. The van der Waals surface area contributed by atoms with Gasteiger partial charge in [0.1, 0.15) is 0 Å². The first kappa shape index (κ1) is 11.0. The zero-order valence-electron chi connectivity index (χ0n) is 8.23. The molecule has 1 rings (SSSR count). The Balaban J connectivity index is 3.16. The number of carbonyl (C=O) groups excluding carboxylic acids is 1. The van der Waals surface area contributed by atoms with Gasteiger partial charge in [-0.1, -0.05) is 29.8 Å². The van der Waals surface area contributed by atoms with E-state index in [1.54, 1.807) is 24.3 Å². The summed E-state index contributed by atoms with van der Waals surface area (Å²) in [4.78, 5) is 21.5. The van der Waals surface area contributed by atoms with Gasteiger partial charge in [-0.25, -0.2) is 4.79 Å². The molecule has 0 spiro atoms. The Labute approximate surface area is 87.0 Å². The van der Waals surface area contributed by atoms with Gasteiger partial charge in [0, 0.05) is 6.08 Å². The number of primary amides is 1. The van der Waals surface area contributed by atoms with Gasteiger partial charge < -0.3 is 10.8 Å². The second-order valence-corrected chi connectivity index (χ2v) is 3.13. The van der Waals surface area contributed by atoms with Gasteiger partial charge in [-0.3, -0.25) is 4.79 Å². The summed E-state index contributed by atoms with van der Waals surface area (Å²) in [6.07, 6.45) is 0.910. The summed E-state index contributed by atoms with van der Waals surface area (Å²) >= 11 is 0. The van der Waals surface area contributed by atoms with Crippen molar-refractivity contribution >= 4 is 17.4 Å². The summed E-state index contributed by atoms with van der Waals surface area (Å²) in [5.74, 6) is -1.94. The van der Waals surface area contributed by atoms with Gasteiger partial charge in [0.05, 0.1) is 5.57 Å². The zero-order chi connectivity index (χ0) is 11.4. The Morgan fingerprint density at radius 3 is 2.20 bits per heavy atom. The SMILES string of the molecule is Cc1ccc(C(=CC(N)=O)C(=O)O)cc1. The molecule has 0 aromatic heterocycles. The number of carboxylic acids is 1. The van der Waals surface area contributed by atoms with Crippen LogP contribution in [0.2, 0.25) is 0 Å². The number of carbonyl (C=O) groups is 2. The number of aryl methyl sites for hydroxylation is 1. The average molecular weight is 205 g/mol. The molecule has 0 radical (unpaired) electrons. The van der Waals surface area contributed by atoms with Crippen molar-refractivity contribution in [2.24, 2.45) is 5.73 Å². The van der Waals surface area contributed by atoms with Crippen molar-refractivity contribution in [1.82, 2.24) is 0 Å². The third-order valence-electron chi connectivity index (χ3n) is 1.88. The van der Waals surface area contributed by atoms with E-state index in [4.69, 9.17) is 10.8 Å². The van der Waals surface area contributed by atoms with Crippen molar-refractivity contribution in [3.63, 3.8) is 0 Å². The lowest BCUT2D eigenvalue weighted by Crippen LogP contribution is -2.10. The molecule has 0 heterocycles. The van der Waals surface area contributed by atoms with Gasteiger partial charge in [-0.05, 0) is 12.5 Å². The number of hydrogen-bond acceptors (Lipinski definition) is 2. The van der Waals surface area contributed by atoms with Crippen LogP contribution in [0, 0.1) is 6.92 Å². The van der Waals surface area contributed by atoms with E-state index >= 15 is 0 Å². The molecule has 0 saturated carbocycles. The second-order valence-electron chi connectivity index (χ2n) is 3.13. The van der Waals surface area contributed by atoms with Crippen LogP contribution in [0.15, 0.2) is 30.3 Å². The molecule has 1 aromatic rings. The first-order chi connectivity index (χ1) is 7.00. The molecule has 0 aliphatic carbocycles. The van der Waals surface area contributed by atoms with E-state index in [0.29, 0.717) is 5.56 Å². The highest BCUT2D eigenvalue weighted by Crippen LogP contribution is 2.15. The fourth-order valence-electron chi connectivity index (χ4n) is 1.14. The van der Waals surface area contributed by atoms with E-state index in [0.717, 1.165) is 11.6 Å². The number of nitrogens with two attached hydrogens (primary N) is 1. The summed E-state index contributed by atoms with van der Waals surface area (Å²) in [7, 11) is 0. The molecule has 0 atom stereocenters. The maximum absolute atomic E-state index is 10.8. The van der Waals surface area contributed by atoms with Crippen molar-refractivity contribution in [2.75, 3.05) is 0 Å². The highest BCUT2D eigenvalue weighted by Gasteiger charge is 2.10. The van der Waals surface area contributed by atoms with Gasteiger partial charge in [0.2, 0.25) is 5.91 Å². The third kappa shape index (κ3) is 2.95. The average Bonchev–Trinajstić information content (AvgIpc) is 2.15. The highest BCUT2D eigenvalue weighted by molar-refractivity contribution is 6.20. The van der Waals surface area contributed by atoms with Crippen molar-refractivity contribution in [1.29, 1.82) is 0 Å². The molecule has 78 valence electrons. The van der Waals surface area contributed by atoms with Gasteiger partial charge in [0.15, 0.2) is 0 Å². The Morgan fingerprint density at radius 1 is 1.27 bits per heavy atom. The second kappa shape index (κ2) is 4.41. The number of hydrogen-bond donors (Lipinski definition) is 2. The fourth-order valence-corrected chi connectivity index (χ4v) is 1.14. The minimum absolute atomic E-state index is 0.0949. The molecule has 0 aliphatic heterocycles. The molecule has 4 heteroatoms. The number of amides is 1. The van der Waals surface area contributed by atoms with Crippen LogP contribution in [0.25, 0.3) is 5.57 Å². The van der Waals surface area contributed by atoms with Crippen molar-refractivity contribution in [3.8, 4) is 0 Å². The molecule has 0 fully saturated rings. The quantitative estimate of drug-likeness (QED) is 0.721. The van der Waals surface area contributed by atoms with E-state index in [-0.39, 0.29) is 5.57 Å². The van der Waals surface area contributed by atoms with Crippen molar-refractivity contribution in [3.05, 3.63) is 41.5 Å².